The number of carboxylic acid groups (broad SMARTS) is 1. The molecular weight excluding hydrogens is 607 g/mol. The van der Waals surface area contributed by atoms with E-state index < -0.39 is 29.9 Å². The smallest absolute Gasteiger partial charge is 0.326 e. The molecule has 3 aromatic rings. The fourth-order valence-electron chi connectivity index (χ4n) is 6.14. The van der Waals surface area contributed by atoms with Crippen molar-refractivity contribution in [3.05, 3.63) is 87.7 Å². The van der Waals surface area contributed by atoms with Gasteiger partial charge in [0.2, 0.25) is 11.8 Å². The van der Waals surface area contributed by atoms with Crippen LogP contribution in [0.5, 0.6) is 5.75 Å². The first kappa shape index (κ1) is 31.3. The summed E-state index contributed by atoms with van der Waals surface area (Å²) in [6.07, 6.45) is 6.04. The molecule has 230 valence electrons. The molecule has 0 radical (unpaired) electrons. The topological polar surface area (TPSA) is 138 Å². The van der Waals surface area contributed by atoms with Gasteiger partial charge in [0.25, 0.3) is 5.91 Å². The zero-order chi connectivity index (χ0) is 31.4. The SMILES string of the molecule is COc1cccc(CC(=O)N2C3CCC(CC3)C2C(=O)NC(Cc2ccc(NC(=O)c3c(Cl)cncc3Cl)cc2)C(=O)O)c1. The Balaban J connectivity index is 1.26. The molecule has 1 saturated carbocycles. The first-order valence-electron chi connectivity index (χ1n) is 14.3. The van der Waals surface area contributed by atoms with E-state index in [0.717, 1.165) is 31.2 Å². The number of rotatable bonds is 10. The van der Waals surface area contributed by atoms with Crippen LogP contribution < -0.4 is 15.4 Å². The minimum atomic E-state index is -1.21. The molecule has 3 aliphatic rings. The average molecular weight is 640 g/mol. The van der Waals surface area contributed by atoms with Crippen LogP contribution in [0.15, 0.2) is 60.9 Å². The number of nitrogens with zero attached hydrogens (tertiary/aromatic N) is 2. The lowest BCUT2D eigenvalue weighted by Crippen LogP contribution is -2.64. The van der Waals surface area contributed by atoms with Crippen molar-refractivity contribution in [2.75, 3.05) is 12.4 Å². The van der Waals surface area contributed by atoms with Crippen LogP contribution in [0, 0.1) is 5.92 Å². The second kappa shape index (κ2) is 13.7. The Morgan fingerprint density at radius 2 is 1.68 bits per heavy atom. The van der Waals surface area contributed by atoms with E-state index in [-0.39, 0.29) is 46.3 Å². The number of aliphatic carboxylic acids is 1. The second-order valence-electron chi connectivity index (χ2n) is 11.1. The normalized spacial score (nSPS) is 19.6. The number of pyridine rings is 1. The van der Waals surface area contributed by atoms with Gasteiger partial charge in [-0.3, -0.25) is 19.4 Å². The Bertz CT molecular complexity index is 1540. The second-order valence-corrected chi connectivity index (χ2v) is 11.9. The number of carbonyl (C=O) groups excluding carboxylic acids is 3. The third-order valence-electron chi connectivity index (χ3n) is 8.27. The number of anilines is 1. The highest BCUT2D eigenvalue weighted by Gasteiger charge is 2.47. The molecule has 12 heteroatoms. The van der Waals surface area contributed by atoms with Crippen LogP contribution >= 0.6 is 23.2 Å². The van der Waals surface area contributed by atoms with Gasteiger partial charge >= 0.3 is 5.97 Å². The lowest BCUT2D eigenvalue weighted by atomic mass is 9.74. The molecule has 1 aliphatic carbocycles. The maximum absolute atomic E-state index is 13.7. The number of carboxylic acids is 1. The molecule has 3 amide bonds. The molecule has 2 saturated heterocycles. The van der Waals surface area contributed by atoms with Crippen molar-refractivity contribution in [2.45, 2.75) is 56.7 Å². The van der Waals surface area contributed by atoms with Crippen LogP contribution in [0.25, 0.3) is 0 Å². The summed E-state index contributed by atoms with van der Waals surface area (Å²) in [4.78, 5) is 57.7. The summed E-state index contributed by atoms with van der Waals surface area (Å²) in [5.41, 5.74) is 1.95. The average Bonchev–Trinajstić information content (AvgIpc) is 3.01. The molecule has 2 bridgehead atoms. The number of hydrogen-bond donors (Lipinski definition) is 3. The number of aromatic nitrogens is 1. The van der Waals surface area contributed by atoms with Gasteiger partial charge in [-0.05, 0) is 67.0 Å². The van der Waals surface area contributed by atoms with Gasteiger partial charge in [0, 0.05) is 30.5 Å². The Morgan fingerprint density at radius 3 is 2.32 bits per heavy atom. The van der Waals surface area contributed by atoms with Crippen LogP contribution in [0.2, 0.25) is 10.0 Å². The number of amides is 3. The maximum Gasteiger partial charge on any atom is 0.326 e. The zero-order valence-electron chi connectivity index (χ0n) is 24.0. The van der Waals surface area contributed by atoms with Crippen LogP contribution in [0.1, 0.15) is 47.2 Å². The molecule has 2 aliphatic heterocycles. The van der Waals surface area contributed by atoms with Crippen LogP contribution in [-0.4, -0.2) is 63.9 Å². The largest absolute Gasteiger partial charge is 0.497 e. The number of benzene rings is 2. The molecule has 3 fully saturated rings. The van der Waals surface area contributed by atoms with E-state index in [1.807, 2.05) is 12.1 Å². The van der Waals surface area contributed by atoms with E-state index in [4.69, 9.17) is 27.9 Å². The fraction of sp³-hybridized carbons (Fsp3) is 0.344. The van der Waals surface area contributed by atoms with Gasteiger partial charge in [-0.2, -0.15) is 0 Å². The minimum absolute atomic E-state index is 0.00980. The number of halogens is 2. The van der Waals surface area contributed by atoms with Crippen molar-refractivity contribution in [1.29, 1.82) is 0 Å². The number of hydrogen-bond acceptors (Lipinski definition) is 6. The van der Waals surface area contributed by atoms with Crippen molar-refractivity contribution in [3.8, 4) is 5.75 Å². The first-order valence-corrected chi connectivity index (χ1v) is 15.1. The summed E-state index contributed by atoms with van der Waals surface area (Å²) in [6.45, 7) is 0. The molecule has 1 aromatic heterocycles. The monoisotopic (exact) mass is 638 g/mol. The highest BCUT2D eigenvalue weighted by molar-refractivity contribution is 6.40. The number of methoxy groups -OCH3 is 1. The number of carbonyl (C=O) groups is 4. The van der Waals surface area contributed by atoms with E-state index in [2.05, 4.69) is 15.6 Å². The third kappa shape index (κ3) is 6.97. The highest BCUT2D eigenvalue weighted by atomic mass is 35.5. The summed E-state index contributed by atoms with van der Waals surface area (Å²) < 4.78 is 5.28. The Morgan fingerprint density at radius 1 is 1.00 bits per heavy atom. The maximum atomic E-state index is 13.7. The first-order chi connectivity index (χ1) is 21.1. The lowest BCUT2D eigenvalue weighted by molar-refractivity contribution is -0.154. The summed E-state index contributed by atoms with van der Waals surface area (Å²) in [5.74, 6) is -1.71. The molecule has 3 heterocycles. The van der Waals surface area contributed by atoms with Gasteiger partial charge in [0.1, 0.15) is 17.8 Å². The number of fused-ring (bicyclic) bond motifs is 3. The van der Waals surface area contributed by atoms with Gasteiger partial charge in [-0.25, -0.2) is 4.79 Å². The van der Waals surface area contributed by atoms with Crippen molar-refractivity contribution in [1.82, 2.24) is 15.2 Å². The number of ether oxygens (including phenoxy) is 1. The fourth-order valence-corrected chi connectivity index (χ4v) is 6.67. The Hall–Kier alpha value is -4.15. The summed E-state index contributed by atoms with van der Waals surface area (Å²) in [5, 5.41) is 15.6. The van der Waals surface area contributed by atoms with E-state index in [0.29, 0.717) is 17.0 Å². The van der Waals surface area contributed by atoms with Crippen molar-refractivity contribution in [3.63, 3.8) is 0 Å². The molecule has 10 nitrogen and oxygen atoms in total. The van der Waals surface area contributed by atoms with Crippen LogP contribution in [-0.2, 0) is 27.2 Å². The minimum Gasteiger partial charge on any atom is -0.497 e. The number of piperidine rings is 2. The molecule has 2 atom stereocenters. The summed E-state index contributed by atoms with van der Waals surface area (Å²) in [7, 11) is 1.56. The van der Waals surface area contributed by atoms with Crippen LogP contribution in [0.3, 0.4) is 0 Å². The van der Waals surface area contributed by atoms with E-state index in [9.17, 15) is 24.3 Å². The van der Waals surface area contributed by atoms with E-state index in [1.54, 1.807) is 48.4 Å². The van der Waals surface area contributed by atoms with Crippen LogP contribution in [0.4, 0.5) is 5.69 Å². The van der Waals surface area contributed by atoms with Gasteiger partial charge < -0.3 is 25.4 Å². The molecule has 6 rings (SSSR count). The molecule has 0 spiro atoms. The van der Waals surface area contributed by atoms with Crippen molar-refractivity contribution < 1.29 is 29.0 Å². The number of nitrogens with one attached hydrogen (secondary N) is 2. The van der Waals surface area contributed by atoms with Crippen molar-refractivity contribution >= 4 is 52.6 Å². The quantitative estimate of drug-likeness (QED) is 0.291. The lowest BCUT2D eigenvalue weighted by Gasteiger charge is -2.50. The predicted molar refractivity (Wildman–Crippen MR) is 165 cm³/mol. The summed E-state index contributed by atoms with van der Waals surface area (Å²) in [6, 6.07) is 11.8. The predicted octanol–water partition coefficient (Wildman–Crippen LogP) is 4.77. The molecular formula is C32H32Cl2N4O6. The molecule has 2 unspecified atom stereocenters. The molecule has 2 aromatic carbocycles. The van der Waals surface area contributed by atoms with Gasteiger partial charge in [0.05, 0.1) is 29.1 Å². The van der Waals surface area contributed by atoms with E-state index in [1.165, 1.54) is 12.4 Å². The standard InChI is InChI=1S/C32H32Cl2N4O6/c1-44-23-4-2-3-19(13-23)15-27(39)38-22-11-7-20(8-12-22)29(38)31(41)37-26(32(42)43)14-18-5-9-21(10-6-18)36-30(40)28-24(33)16-35-17-25(28)34/h2-6,9-10,13,16-17,20,22,26,29H,7-8,11-12,14-15H2,1H3,(H,36,40)(H,37,41)(H,42,43). The zero-order valence-corrected chi connectivity index (χ0v) is 25.5. The Kier molecular flexibility index (Phi) is 9.71. The van der Waals surface area contributed by atoms with Crippen molar-refractivity contribution in [2.24, 2.45) is 5.92 Å². The molecule has 44 heavy (non-hydrogen) atoms. The summed E-state index contributed by atoms with van der Waals surface area (Å²) >= 11 is 12.1. The third-order valence-corrected chi connectivity index (χ3v) is 8.85. The highest BCUT2D eigenvalue weighted by Crippen LogP contribution is 2.40. The Labute approximate surface area is 264 Å². The van der Waals surface area contributed by atoms with Gasteiger partial charge in [0.15, 0.2) is 0 Å². The van der Waals surface area contributed by atoms with Gasteiger partial charge in [-0.1, -0.05) is 47.5 Å². The molecule has 3 N–H and O–H groups in total. The van der Waals surface area contributed by atoms with Gasteiger partial charge in [-0.15, -0.1) is 0 Å². The van der Waals surface area contributed by atoms with E-state index >= 15 is 0 Å².